The summed E-state index contributed by atoms with van der Waals surface area (Å²) in [6, 6.07) is 5.48. The molecule has 0 aliphatic carbocycles. The van der Waals surface area contributed by atoms with Crippen molar-refractivity contribution in [2.24, 2.45) is 5.92 Å². The van der Waals surface area contributed by atoms with Gasteiger partial charge in [0.05, 0.1) is 13.4 Å². The zero-order chi connectivity index (χ0) is 16.3. The summed E-state index contributed by atoms with van der Waals surface area (Å²) in [5.41, 5.74) is 1.68. The van der Waals surface area contributed by atoms with Gasteiger partial charge in [-0.3, -0.25) is 4.79 Å². The molecule has 6 nitrogen and oxygen atoms in total. The van der Waals surface area contributed by atoms with Crippen LogP contribution in [0.3, 0.4) is 0 Å². The summed E-state index contributed by atoms with van der Waals surface area (Å²) in [7, 11) is -1.55. The Morgan fingerprint density at radius 2 is 1.95 bits per heavy atom. The number of sulfonamides is 1. The van der Waals surface area contributed by atoms with Crippen molar-refractivity contribution in [3.63, 3.8) is 0 Å². The molecule has 0 radical (unpaired) electrons. The van der Waals surface area contributed by atoms with E-state index >= 15 is 0 Å². The lowest BCUT2D eigenvalue weighted by Crippen LogP contribution is -2.40. The Bertz CT molecular complexity index is 650. The van der Waals surface area contributed by atoms with E-state index in [1.54, 1.807) is 13.2 Å². The van der Waals surface area contributed by atoms with Gasteiger partial charge >= 0.3 is 0 Å². The van der Waals surface area contributed by atoms with E-state index in [4.69, 9.17) is 4.74 Å². The molecule has 2 rings (SSSR count). The summed E-state index contributed by atoms with van der Waals surface area (Å²) >= 11 is 0. The molecule has 0 unspecified atom stereocenters. The molecule has 0 spiro atoms. The molecule has 0 aromatic heterocycles. The Morgan fingerprint density at radius 1 is 1.32 bits per heavy atom. The lowest BCUT2D eigenvalue weighted by molar-refractivity contribution is -0.120. The predicted molar refractivity (Wildman–Crippen MR) is 85.5 cm³/mol. The second-order valence-electron chi connectivity index (χ2n) is 5.61. The van der Waals surface area contributed by atoms with Crippen molar-refractivity contribution in [2.45, 2.75) is 19.8 Å². The topological polar surface area (TPSA) is 75.7 Å². The summed E-state index contributed by atoms with van der Waals surface area (Å²) in [5.74, 6) is 0.567. The van der Waals surface area contributed by atoms with Crippen LogP contribution in [0.25, 0.3) is 0 Å². The van der Waals surface area contributed by atoms with Crippen molar-refractivity contribution in [3.05, 3.63) is 23.8 Å². The van der Waals surface area contributed by atoms with Crippen LogP contribution in [-0.4, -0.2) is 45.1 Å². The van der Waals surface area contributed by atoms with Crippen molar-refractivity contribution < 1.29 is 17.9 Å². The molecule has 22 heavy (non-hydrogen) atoms. The van der Waals surface area contributed by atoms with Crippen LogP contribution in [-0.2, 0) is 14.8 Å². The van der Waals surface area contributed by atoms with Crippen molar-refractivity contribution >= 4 is 21.6 Å². The third-order valence-corrected chi connectivity index (χ3v) is 5.26. The molecule has 7 heteroatoms. The van der Waals surface area contributed by atoms with E-state index in [1.165, 1.54) is 10.6 Å². The van der Waals surface area contributed by atoms with Gasteiger partial charge in [-0.25, -0.2) is 12.7 Å². The summed E-state index contributed by atoms with van der Waals surface area (Å²) < 4.78 is 29.5. The number of nitrogens with zero attached hydrogens (tertiary/aromatic N) is 1. The highest BCUT2D eigenvalue weighted by atomic mass is 32.2. The maximum Gasteiger partial charge on any atom is 0.227 e. The standard InChI is InChI=1S/C15H22N2O4S/c1-11-10-13(4-5-14(11)21-2)16-15(18)12-6-8-17(9-7-12)22(3,19)20/h4-5,10,12H,6-9H2,1-3H3,(H,16,18). The average molecular weight is 326 g/mol. The van der Waals surface area contributed by atoms with Gasteiger partial charge in [0.1, 0.15) is 5.75 Å². The number of carbonyl (C=O) groups excluding carboxylic acids is 1. The maximum atomic E-state index is 12.3. The maximum absolute atomic E-state index is 12.3. The van der Waals surface area contributed by atoms with Gasteiger partial charge in [0.25, 0.3) is 0 Å². The van der Waals surface area contributed by atoms with E-state index in [1.807, 2.05) is 19.1 Å². The SMILES string of the molecule is COc1ccc(NC(=O)C2CCN(S(C)(=O)=O)CC2)cc1C. The van der Waals surface area contributed by atoms with Crippen molar-refractivity contribution in [1.29, 1.82) is 0 Å². The summed E-state index contributed by atoms with van der Waals surface area (Å²) in [5, 5.41) is 2.89. The monoisotopic (exact) mass is 326 g/mol. The van der Waals surface area contributed by atoms with Crippen LogP contribution in [0.1, 0.15) is 18.4 Å². The molecule has 1 aromatic rings. The predicted octanol–water partition coefficient (Wildman–Crippen LogP) is 1.61. The fourth-order valence-corrected chi connectivity index (χ4v) is 3.52. The molecule has 1 aromatic carbocycles. The molecule has 0 bridgehead atoms. The number of carbonyl (C=O) groups is 1. The number of rotatable bonds is 4. The van der Waals surface area contributed by atoms with Gasteiger partial charge in [-0.1, -0.05) is 0 Å². The zero-order valence-electron chi connectivity index (χ0n) is 13.1. The van der Waals surface area contributed by atoms with E-state index in [-0.39, 0.29) is 11.8 Å². The van der Waals surface area contributed by atoms with Gasteiger partial charge < -0.3 is 10.1 Å². The molecular formula is C15H22N2O4S. The lowest BCUT2D eigenvalue weighted by atomic mass is 9.97. The number of piperidine rings is 1. The molecular weight excluding hydrogens is 304 g/mol. The third kappa shape index (κ3) is 3.98. The first-order chi connectivity index (χ1) is 10.3. The van der Waals surface area contributed by atoms with Crippen LogP contribution in [0.15, 0.2) is 18.2 Å². The van der Waals surface area contributed by atoms with Crippen LogP contribution in [0.4, 0.5) is 5.69 Å². The number of methoxy groups -OCH3 is 1. The highest BCUT2D eigenvalue weighted by molar-refractivity contribution is 7.88. The van der Waals surface area contributed by atoms with Crippen LogP contribution < -0.4 is 10.1 Å². The number of amides is 1. The van der Waals surface area contributed by atoms with Gasteiger partial charge in [-0.2, -0.15) is 0 Å². The number of hydrogen-bond donors (Lipinski definition) is 1. The van der Waals surface area contributed by atoms with E-state index < -0.39 is 10.0 Å². The lowest BCUT2D eigenvalue weighted by Gasteiger charge is -2.29. The Hall–Kier alpha value is -1.60. The minimum absolute atomic E-state index is 0.0577. The largest absolute Gasteiger partial charge is 0.496 e. The number of nitrogens with one attached hydrogen (secondary N) is 1. The molecule has 1 saturated heterocycles. The van der Waals surface area contributed by atoms with Gasteiger partial charge in [-0.15, -0.1) is 0 Å². The van der Waals surface area contributed by atoms with E-state index in [9.17, 15) is 13.2 Å². The number of aryl methyl sites for hydroxylation is 1. The normalized spacial score (nSPS) is 17.2. The molecule has 1 aliphatic rings. The van der Waals surface area contributed by atoms with Crippen molar-refractivity contribution in [1.82, 2.24) is 4.31 Å². The molecule has 1 aliphatic heterocycles. The molecule has 1 N–H and O–H groups in total. The van der Waals surface area contributed by atoms with Gasteiger partial charge in [0.15, 0.2) is 0 Å². The minimum atomic E-state index is -3.16. The number of ether oxygens (including phenoxy) is 1. The molecule has 1 heterocycles. The first kappa shape index (κ1) is 16.8. The van der Waals surface area contributed by atoms with Crippen LogP contribution >= 0.6 is 0 Å². The highest BCUT2D eigenvalue weighted by Gasteiger charge is 2.28. The van der Waals surface area contributed by atoms with Crippen molar-refractivity contribution in [2.75, 3.05) is 31.8 Å². The fourth-order valence-electron chi connectivity index (χ4n) is 2.65. The minimum Gasteiger partial charge on any atom is -0.496 e. The molecule has 0 atom stereocenters. The van der Waals surface area contributed by atoms with Gasteiger partial charge in [-0.05, 0) is 43.5 Å². The quantitative estimate of drug-likeness (QED) is 0.912. The summed E-state index contributed by atoms with van der Waals surface area (Å²) in [4.78, 5) is 12.3. The second-order valence-corrected chi connectivity index (χ2v) is 7.59. The summed E-state index contributed by atoms with van der Waals surface area (Å²) in [6.07, 6.45) is 2.30. The van der Waals surface area contributed by atoms with Gasteiger partial charge in [0, 0.05) is 24.7 Å². The fraction of sp³-hybridized carbons (Fsp3) is 0.533. The summed E-state index contributed by atoms with van der Waals surface area (Å²) in [6.45, 7) is 2.72. The molecule has 1 fully saturated rings. The zero-order valence-corrected chi connectivity index (χ0v) is 13.9. The van der Waals surface area contributed by atoms with Crippen LogP contribution in [0.2, 0.25) is 0 Å². The first-order valence-corrected chi connectivity index (χ1v) is 9.06. The van der Waals surface area contributed by atoms with E-state index in [2.05, 4.69) is 5.32 Å². The Morgan fingerprint density at radius 3 is 2.45 bits per heavy atom. The Kier molecular flexibility index (Phi) is 5.08. The molecule has 0 saturated carbocycles. The number of benzene rings is 1. The van der Waals surface area contributed by atoms with Gasteiger partial charge in [0.2, 0.25) is 15.9 Å². The van der Waals surface area contributed by atoms with E-state index in [0.29, 0.717) is 25.9 Å². The number of hydrogen-bond acceptors (Lipinski definition) is 4. The van der Waals surface area contributed by atoms with Crippen LogP contribution in [0, 0.1) is 12.8 Å². The van der Waals surface area contributed by atoms with Crippen molar-refractivity contribution in [3.8, 4) is 5.75 Å². The smallest absolute Gasteiger partial charge is 0.227 e. The highest BCUT2D eigenvalue weighted by Crippen LogP contribution is 2.24. The number of anilines is 1. The van der Waals surface area contributed by atoms with E-state index in [0.717, 1.165) is 17.0 Å². The first-order valence-electron chi connectivity index (χ1n) is 7.22. The molecule has 122 valence electrons. The van der Waals surface area contributed by atoms with Crippen LogP contribution in [0.5, 0.6) is 5.75 Å². The molecule has 1 amide bonds. The second kappa shape index (κ2) is 6.66. The Labute approximate surface area is 131 Å². The average Bonchev–Trinajstić information content (AvgIpc) is 2.46. The Balaban J connectivity index is 1.95. The third-order valence-electron chi connectivity index (χ3n) is 3.96.